The molecule has 2 amide bonds. The smallest absolute Gasteiger partial charge is 0.420 e. The summed E-state index contributed by atoms with van der Waals surface area (Å²) in [4.78, 5) is 39.1. The van der Waals surface area contributed by atoms with E-state index in [0.29, 0.717) is 12.0 Å². The maximum atomic E-state index is 13.7. The maximum absolute atomic E-state index is 13.7. The maximum Gasteiger partial charge on any atom is 0.420 e. The zero-order chi connectivity index (χ0) is 27.5. The SMILES string of the molecule is COC(=O)c1cc(Oc2ccc(C(N)=O)cc2C(F)(F)F)ccc1N(C(=O)[C@H]1CC[C@H](C)CC1)C(C)C. The molecule has 3 rings (SSSR count). The van der Waals surface area contributed by atoms with Gasteiger partial charge >= 0.3 is 12.1 Å². The lowest BCUT2D eigenvalue weighted by atomic mass is 9.82. The largest absolute Gasteiger partial charge is 0.465 e. The fourth-order valence-corrected chi connectivity index (χ4v) is 4.54. The van der Waals surface area contributed by atoms with E-state index in [1.165, 1.54) is 25.3 Å². The minimum absolute atomic E-state index is 0.0199. The summed E-state index contributed by atoms with van der Waals surface area (Å²) in [6.45, 7) is 5.80. The van der Waals surface area contributed by atoms with Gasteiger partial charge in [0.1, 0.15) is 11.5 Å². The van der Waals surface area contributed by atoms with Gasteiger partial charge in [0, 0.05) is 17.5 Å². The average Bonchev–Trinajstić information content (AvgIpc) is 2.84. The molecule has 0 saturated heterocycles. The molecule has 2 N–H and O–H groups in total. The third-order valence-electron chi connectivity index (χ3n) is 6.55. The van der Waals surface area contributed by atoms with Crippen molar-refractivity contribution in [3.63, 3.8) is 0 Å². The summed E-state index contributed by atoms with van der Waals surface area (Å²) in [5.41, 5.74) is 3.87. The van der Waals surface area contributed by atoms with Gasteiger partial charge in [-0.15, -0.1) is 0 Å². The summed E-state index contributed by atoms with van der Waals surface area (Å²) < 4.78 is 51.4. The number of esters is 1. The lowest BCUT2D eigenvalue weighted by Crippen LogP contribution is -2.43. The Hall–Kier alpha value is -3.56. The Balaban J connectivity index is 2.02. The van der Waals surface area contributed by atoms with Gasteiger partial charge in [-0.05, 0) is 81.8 Å². The van der Waals surface area contributed by atoms with E-state index in [9.17, 15) is 27.6 Å². The van der Waals surface area contributed by atoms with E-state index in [2.05, 4.69) is 6.92 Å². The lowest BCUT2D eigenvalue weighted by Gasteiger charge is -2.34. The van der Waals surface area contributed by atoms with E-state index in [0.717, 1.165) is 37.8 Å². The minimum Gasteiger partial charge on any atom is -0.465 e. The summed E-state index contributed by atoms with van der Waals surface area (Å²) in [7, 11) is 1.17. The van der Waals surface area contributed by atoms with E-state index in [1.807, 2.05) is 13.8 Å². The highest BCUT2D eigenvalue weighted by atomic mass is 19.4. The molecule has 0 aliphatic heterocycles. The molecule has 0 bridgehead atoms. The highest BCUT2D eigenvalue weighted by molar-refractivity contribution is 6.04. The van der Waals surface area contributed by atoms with E-state index in [4.69, 9.17) is 15.2 Å². The Bertz CT molecular complexity index is 1170. The van der Waals surface area contributed by atoms with E-state index < -0.39 is 29.4 Å². The van der Waals surface area contributed by atoms with Gasteiger partial charge in [0.15, 0.2) is 0 Å². The summed E-state index contributed by atoms with van der Waals surface area (Å²) in [6.07, 6.45) is -1.45. The monoisotopic (exact) mass is 520 g/mol. The van der Waals surface area contributed by atoms with Crippen LogP contribution in [0.25, 0.3) is 0 Å². The van der Waals surface area contributed by atoms with Crippen LogP contribution in [0.15, 0.2) is 36.4 Å². The number of halogens is 3. The molecule has 2 aromatic rings. The van der Waals surface area contributed by atoms with Crippen LogP contribution >= 0.6 is 0 Å². The number of primary amides is 1. The summed E-state index contributed by atoms with van der Waals surface area (Å²) in [5.74, 6) is -2.17. The standard InChI is InChI=1S/C27H31F3N2O5/c1-15(2)32(25(34)17-7-5-16(3)6-8-17)22-11-10-19(14-20(22)26(35)36-4)37-23-12-9-18(24(31)33)13-21(23)27(28,29)30/h9-17H,5-8H2,1-4H3,(H2,31,33)/t16-,17-. The Morgan fingerprint density at radius 3 is 2.22 bits per heavy atom. The third kappa shape index (κ3) is 6.42. The fourth-order valence-electron chi connectivity index (χ4n) is 4.54. The van der Waals surface area contributed by atoms with Crippen molar-refractivity contribution in [3.05, 3.63) is 53.1 Å². The number of anilines is 1. The molecule has 200 valence electrons. The summed E-state index contributed by atoms with van der Waals surface area (Å²) in [6, 6.07) is 6.52. The van der Waals surface area contributed by atoms with Crippen LogP contribution in [0.5, 0.6) is 11.5 Å². The molecule has 1 aliphatic rings. The molecule has 2 aromatic carbocycles. The molecule has 1 saturated carbocycles. The number of amides is 2. The van der Waals surface area contributed by atoms with Crippen molar-refractivity contribution in [2.24, 2.45) is 17.6 Å². The van der Waals surface area contributed by atoms with Crippen molar-refractivity contribution in [1.82, 2.24) is 0 Å². The van der Waals surface area contributed by atoms with Crippen LogP contribution in [-0.4, -0.2) is 30.9 Å². The molecule has 1 fully saturated rings. The van der Waals surface area contributed by atoms with Crippen molar-refractivity contribution in [3.8, 4) is 11.5 Å². The van der Waals surface area contributed by atoms with E-state index in [-0.39, 0.29) is 40.4 Å². The predicted molar refractivity (Wildman–Crippen MR) is 132 cm³/mol. The molecule has 0 spiro atoms. The van der Waals surface area contributed by atoms with Crippen molar-refractivity contribution < 1.29 is 37.0 Å². The number of methoxy groups -OCH3 is 1. The highest BCUT2D eigenvalue weighted by Gasteiger charge is 2.36. The first-order valence-electron chi connectivity index (χ1n) is 12.1. The molecule has 0 radical (unpaired) electrons. The van der Waals surface area contributed by atoms with Gasteiger partial charge in [-0.1, -0.05) is 6.92 Å². The Morgan fingerprint density at radius 2 is 1.68 bits per heavy atom. The molecule has 0 atom stereocenters. The zero-order valence-electron chi connectivity index (χ0n) is 21.2. The van der Waals surface area contributed by atoms with E-state index >= 15 is 0 Å². The molecule has 1 aliphatic carbocycles. The van der Waals surface area contributed by atoms with Crippen LogP contribution in [0.3, 0.4) is 0 Å². The number of benzene rings is 2. The first-order valence-corrected chi connectivity index (χ1v) is 12.1. The van der Waals surface area contributed by atoms with Crippen molar-refractivity contribution in [2.45, 2.75) is 58.7 Å². The Morgan fingerprint density at radius 1 is 1.03 bits per heavy atom. The number of carbonyl (C=O) groups is 3. The number of nitrogens with two attached hydrogens (primary N) is 1. The second kappa shape index (κ2) is 11.2. The molecule has 10 heteroatoms. The number of alkyl halides is 3. The van der Waals surface area contributed by atoms with Gasteiger partial charge in [-0.3, -0.25) is 9.59 Å². The fraction of sp³-hybridized carbons (Fsp3) is 0.444. The second-order valence-electron chi connectivity index (χ2n) is 9.60. The van der Waals surface area contributed by atoms with Gasteiger partial charge in [0.25, 0.3) is 0 Å². The molecular weight excluding hydrogens is 489 g/mol. The molecular formula is C27H31F3N2O5. The van der Waals surface area contributed by atoms with Gasteiger partial charge in [-0.2, -0.15) is 13.2 Å². The number of ether oxygens (including phenoxy) is 2. The van der Waals surface area contributed by atoms with Crippen LogP contribution in [0.1, 0.15) is 72.7 Å². The Labute approximate surface area is 213 Å². The lowest BCUT2D eigenvalue weighted by molar-refractivity contribution is -0.138. The van der Waals surface area contributed by atoms with Crippen LogP contribution in [0, 0.1) is 11.8 Å². The summed E-state index contributed by atoms with van der Waals surface area (Å²) in [5, 5.41) is 0. The molecule has 0 aromatic heterocycles. The van der Waals surface area contributed by atoms with Gasteiger partial charge in [-0.25, -0.2) is 4.79 Å². The first kappa shape index (κ1) is 28.0. The average molecular weight is 521 g/mol. The number of nitrogens with zero attached hydrogens (tertiary/aromatic N) is 1. The van der Waals surface area contributed by atoms with Crippen molar-refractivity contribution >= 4 is 23.5 Å². The quantitative estimate of drug-likeness (QED) is 0.455. The van der Waals surface area contributed by atoms with E-state index in [1.54, 1.807) is 4.90 Å². The third-order valence-corrected chi connectivity index (χ3v) is 6.55. The topological polar surface area (TPSA) is 98.9 Å². The molecule has 0 heterocycles. The van der Waals surface area contributed by atoms with Gasteiger partial charge in [0.05, 0.1) is 23.9 Å². The molecule has 37 heavy (non-hydrogen) atoms. The highest BCUT2D eigenvalue weighted by Crippen LogP contribution is 2.40. The van der Waals surface area contributed by atoms with Gasteiger partial charge < -0.3 is 20.1 Å². The van der Waals surface area contributed by atoms with Gasteiger partial charge in [0.2, 0.25) is 11.8 Å². The summed E-state index contributed by atoms with van der Waals surface area (Å²) >= 11 is 0. The second-order valence-corrected chi connectivity index (χ2v) is 9.60. The van der Waals surface area contributed by atoms with Crippen molar-refractivity contribution in [1.29, 1.82) is 0 Å². The number of carbonyl (C=O) groups excluding carboxylic acids is 3. The molecule has 0 unspecified atom stereocenters. The molecule has 7 nitrogen and oxygen atoms in total. The first-order chi connectivity index (χ1) is 17.3. The van der Waals surface area contributed by atoms with Crippen LogP contribution in [-0.2, 0) is 15.7 Å². The normalized spacial score (nSPS) is 17.8. The number of hydrogen-bond acceptors (Lipinski definition) is 5. The number of hydrogen-bond donors (Lipinski definition) is 1. The van der Waals surface area contributed by atoms with Crippen LogP contribution < -0.4 is 15.4 Å². The van der Waals surface area contributed by atoms with Crippen LogP contribution in [0.2, 0.25) is 0 Å². The number of rotatable bonds is 7. The zero-order valence-corrected chi connectivity index (χ0v) is 21.2. The Kier molecular flexibility index (Phi) is 8.50. The van der Waals surface area contributed by atoms with Crippen LogP contribution in [0.4, 0.5) is 18.9 Å². The predicted octanol–water partition coefficient (Wildman–Crippen LogP) is 5.95. The minimum atomic E-state index is -4.83. The van der Waals surface area contributed by atoms with Crippen molar-refractivity contribution in [2.75, 3.05) is 12.0 Å².